The Hall–Kier alpha value is -10.1. The fourth-order valence-corrected chi connectivity index (χ4v) is 19.7. The number of para-hydroxylation sites is 2. The number of hydrogen-bond donors (Lipinski definition) is 0. The van der Waals surface area contributed by atoms with Crippen molar-refractivity contribution in [1.82, 2.24) is 4.57 Å². The van der Waals surface area contributed by atoms with Gasteiger partial charge in [-0.15, -0.1) is 0 Å². The number of benzene rings is 13. The van der Waals surface area contributed by atoms with Gasteiger partial charge in [-0.1, -0.05) is 41.5 Å². The number of thiophene rings is 1. The van der Waals surface area contributed by atoms with E-state index in [1.165, 1.54) is 112 Å². The van der Waals surface area contributed by atoms with E-state index < -0.39 is 0 Å². The van der Waals surface area contributed by atoms with Gasteiger partial charge in [-0.25, -0.2) is 0 Å². The zero-order valence-corrected chi connectivity index (χ0v) is 62.3. The molecule has 2 aliphatic heterocycles. The molecular formula is C94H83BN4SSe. The van der Waals surface area contributed by atoms with Gasteiger partial charge in [0.05, 0.1) is 0 Å². The van der Waals surface area contributed by atoms with Crippen LogP contribution in [0.15, 0.2) is 285 Å². The van der Waals surface area contributed by atoms with Gasteiger partial charge in [0.15, 0.2) is 0 Å². The van der Waals surface area contributed by atoms with Crippen LogP contribution in [0.1, 0.15) is 105 Å². The first-order chi connectivity index (χ1) is 48.6. The molecule has 0 saturated carbocycles. The zero-order chi connectivity index (χ0) is 69.4. The summed E-state index contributed by atoms with van der Waals surface area (Å²) in [5, 5.41) is 5.05. The summed E-state index contributed by atoms with van der Waals surface area (Å²) < 4.78 is 7.97. The molecule has 7 heteroatoms. The van der Waals surface area contributed by atoms with Gasteiger partial charge in [0, 0.05) is 0 Å². The molecule has 17 rings (SSSR count). The number of nitrogens with zero attached hydrogens (tertiary/aromatic N) is 4. The van der Waals surface area contributed by atoms with E-state index in [0.717, 1.165) is 56.6 Å². The summed E-state index contributed by atoms with van der Waals surface area (Å²) in [5.74, 6) is 0. The molecule has 0 aliphatic carbocycles. The Labute approximate surface area is 606 Å². The van der Waals surface area contributed by atoms with Gasteiger partial charge in [0.25, 0.3) is 0 Å². The molecule has 0 spiro atoms. The molecule has 0 unspecified atom stereocenters. The Kier molecular flexibility index (Phi) is 15.5. The van der Waals surface area contributed by atoms with Gasteiger partial charge in [0.2, 0.25) is 0 Å². The summed E-state index contributed by atoms with van der Waals surface area (Å²) >= 11 is 1.78. The predicted molar refractivity (Wildman–Crippen MR) is 440 cm³/mol. The van der Waals surface area contributed by atoms with Gasteiger partial charge in [0.1, 0.15) is 0 Å². The Morgan fingerprint density at radius 1 is 0.347 bits per heavy atom. The second-order valence-electron chi connectivity index (χ2n) is 31.8. The number of aromatic nitrogens is 1. The monoisotopic (exact) mass is 1390 g/mol. The number of rotatable bonds is 10. The van der Waals surface area contributed by atoms with Crippen molar-refractivity contribution in [2.24, 2.45) is 0 Å². The second-order valence-corrected chi connectivity index (χ2v) is 35.1. The molecule has 0 saturated heterocycles. The molecular weight excluding hydrogens is 1310 g/mol. The van der Waals surface area contributed by atoms with Crippen LogP contribution in [0.25, 0.3) is 69.9 Å². The topological polar surface area (TPSA) is 14.7 Å². The fraction of sp³-hybridized carbons (Fsp3) is 0.170. The Balaban J connectivity index is 0.998. The summed E-state index contributed by atoms with van der Waals surface area (Å²) in [6, 6.07) is 109. The van der Waals surface area contributed by atoms with E-state index in [4.69, 9.17) is 0 Å². The third-order valence-electron chi connectivity index (χ3n) is 21.1. The van der Waals surface area contributed by atoms with Crippen LogP contribution >= 0.6 is 11.3 Å². The first kappa shape index (κ1) is 64.3. The van der Waals surface area contributed by atoms with Gasteiger partial charge in [-0.3, -0.25) is 0 Å². The van der Waals surface area contributed by atoms with E-state index in [1.807, 2.05) is 11.3 Å². The van der Waals surface area contributed by atoms with Crippen LogP contribution in [0.4, 0.5) is 51.2 Å². The summed E-state index contributed by atoms with van der Waals surface area (Å²) in [4.78, 5) is 7.76. The van der Waals surface area contributed by atoms with Gasteiger partial charge < -0.3 is 0 Å². The van der Waals surface area contributed by atoms with Crippen molar-refractivity contribution in [2.75, 3.05) is 14.7 Å². The van der Waals surface area contributed by atoms with Gasteiger partial charge in [-0.2, -0.15) is 0 Å². The molecule has 0 radical (unpaired) electrons. The number of anilines is 9. The fourth-order valence-electron chi connectivity index (χ4n) is 15.7. The Bertz CT molecular complexity index is 5540. The molecule has 0 N–H and O–H groups in total. The van der Waals surface area contributed by atoms with Crippen molar-refractivity contribution in [3.8, 4) is 27.9 Å². The standard InChI is InChI=1S/C94H83BN4SSe/c1-91(2,3)63-36-44-67(45-37-63)96(68-46-38-64(39-47-68)92(4,5)6)71-52-53-77-81(56-71)99(80-54-35-62(60-25-15-13-16-26-60)55-76(80)61-27-17-14-18-28-61)83-57-72(98-78-32-22-19-29-73(78)74-30-20-23-33-79(74)98)58-85-88(83)95(77)89-86(101-85)59-82(87-75-31-21-24-34-84(75)100-90(87)89)97(69-48-40-65(41-49-69)93(7,8)9)70-50-42-66(43-51-70)94(10,11)12/h13-59H,1-12H3. The van der Waals surface area contributed by atoms with Crippen molar-refractivity contribution in [3.63, 3.8) is 0 Å². The molecule has 2 aromatic heterocycles. The average molecular weight is 1390 g/mol. The third kappa shape index (κ3) is 11.2. The maximum atomic E-state index is 2.69. The minimum atomic E-state index is -0.195. The second kappa shape index (κ2) is 24.3. The van der Waals surface area contributed by atoms with Gasteiger partial charge >= 0.3 is 558 Å². The number of hydrogen-bond acceptors (Lipinski definition) is 4. The first-order valence-electron chi connectivity index (χ1n) is 35.7. The van der Waals surface area contributed by atoms with Crippen molar-refractivity contribution in [1.29, 1.82) is 0 Å². The van der Waals surface area contributed by atoms with Crippen LogP contribution in [0, 0.1) is 0 Å². The molecule has 0 atom stereocenters. The van der Waals surface area contributed by atoms with Crippen molar-refractivity contribution in [3.05, 3.63) is 307 Å². The Morgan fingerprint density at radius 2 is 0.802 bits per heavy atom. The van der Waals surface area contributed by atoms with Crippen LogP contribution < -0.4 is 40.0 Å². The molecule has 2 aliphatic rings. The zero-order valence-electron chi connectivity index (χ0n) is 59.8. The van der Waals surface area contributed by atoms with E-state index in [0.29, 0.717) is 0 Å². The summed E-state index contributed by atoms with van der Waals surface area (Å²) in [6.07, 6.45) is 0. The normalized spacial score (nSPS) is 13.1. The molecule has 494 valence electrons. The van der Waals surface area contributed by atoms with Crippen LogP contribution in [0.3, 0.4) is 0 Å². The Morgan fingerprint density at radius 3 is 1.33 bits per heavy atom. The third-order valence-corrected chi connectivity index (χ3v) is 24.6. The molecule has 0 fully saturated rings. The van der Waals surface area contributed by atoms with Crippen LogP contribution in [0.2, 0.25) is 0 Å². The summed E-state index contributed by atoms with van der Waals surface area (Å²) in [5.41, 5.74) is 27.7. The first-order valence-corrected chi connectivity index (χ1v) is 38.2. The molecule has 15 aromatic rings. The molecule has 13 aromatic carbocycles. The van der Waals surface area contributed by atoms with Crippen LogP contribution in [-0.4, -0.2) is 26.2 Å². The molecule has 4 heterocycles. The van der Waals surface area contributed by atoms with E-state index in [9.17, 15) is 0 Å². The van der Waals surface area contributed by atoms with E-state index in [1.54, 1.807) is 0 Å². The van der Waals surface area contributed by atoms with Crippen molar-refractivity contribution in [2.45, 2.75) is 105 Å². The van der Waals surface area contributed by atoms with E-state index in [2.05, 4.69) is 387 Å². The quantitative estimate of drug-likeness (QED) is 0.127. The average Bonchev–Trinajstić information content (AvgIpc) is 1.67. The predicted octanol–water partition coefficient (Wildman–Crippen LogP) is 22.9. The summed E-state index contributed by atoms with van der Waals surface area (Å²) in [7, 11) is 0. The maximum absolute atomic E-state index is 2.69. The van der Waals surface area contributed by atoms with E-state index >= 15 is 0 Å². The van der Waals surface area contributed by atoms with Crippen molar-refractivity contribution < 1.29 is 0 Å². The molecule has 0 bridgehead atoms. The number of fused-ring (bicyclic) bond motifs is 11. The molecule has 4 nitrogen and oxygen atoms in total. The SMILES string of the molecule is CC(C)(C)c1ccc(N(c2ccc(C(C)(C)C)cc2)c2ccc3c(c2)N(c2ccc(-c4ccccc4)cc2-c2ccccc2)c2cc(-n4c5ccccc5c5ccccc54)cc4c2B3c2c(cc(N(c3ccc(C(C)(C)C)cc3)c3ccc(C(C)(C)C)cc3)c3c2sc2ccccc23)[Se]4)cc1. The van der Waals surface area contributed by atoms with Crippen LogP contribution in [0.5, 0.6) is 0 Å². The minimum absolute atomic E-state index is 0.0117. The summed E-state index contributed by atoms with van der Waals surface area (Å²) in [6.45, 7) is 27.6. The molecule has 101 heavy (non-hydrogen) atoms. The molecule has 0 amide bonds. The van der Waals surface area contributed by atoms with Gasteiger partial charge in [-0.05, 0) is 10.8 Å². The van der Waals surface area contributed by atoms with E-state index in [-0.39, 0.29) is 43.3 Å². The van der Waals surface area contributed by atoms with Crippen LogP contribution in [-0.2, 0) is 21.7 Å². The van der Waals surface area contributed by atoms with Crippen molar-refractivity contribution >= 4 is 151 Å².